The van der Waals surface area contributed by atoms with Gasteiger partial charge in [0.15, 0.2) is 0 Å². The predicted octanol–water partition coefficient (Wildman–Crippen LogP) is 3.18. The first kappa shape index (κ1) is 15.0. The second kappa shape index (κ2) is 6.92. The van der Waals surface area contributed by atoms with Crippen LogP contribution in [0, 0.1) is 0 Å². The zero-order chi connectivity index (χ0) is 14.7. The third-order valence-corrected chi connectivity index (χ3v) is 4.40. The van der Waals surface area contributed by atoms with Gasteiger partial charge in [0.25, 0.3) is 0 Å². The molecule has 1 N–H and O–H groups in total. The fraction of sp³-hybridized carbons (Fsp3) is 0.500. The summed E-state index contributed by atoms with van der Waals surface area (Å²) in [5.74, 6) is 0.991. The predicted molar refractivity (Wildman–Crippen MR) is 87.6 cm³/mol. The van der Waals surface area contributed by atoms with Crippen molar-refractivity contribution in [2.45, 2.75) is 13.0 Å². The normalized spacial score (nSPS) is 18.2. The van der Waals surface area contributed by atoms with Crippen LogP contribution in [0.15, 0.2) is 33.2 Å². The Bertz CT molecular complexity index is 593. The fourth-order valence-corrected chi connectivity index (χ4v) is 2.99. The van der Waals surface area contributed by atoms with Gasteiger partial charge < -0.3 is 14.5 Å². The molecule has 114 valence electrons. The highest BCUT2D eigenvalue weighted by Crippen LogP contribution is 2.26. The lowest BCUT2D eigenvalue weighted by Gasteiger charge is -2.27. The second-order valence-electron chi connectivity index (χ2n) is 5.46. The zero-order valence-electron chi connectivity index (χ0n) is 12.3. The summed E-state index contributed by atoms with van der Waals surface area (Å²) >= 11 is 3.49. The van der Waals surface area contributed by atoms with Gasteiger partial charge in [-0.05, 0) is 31.2 Å². The molecule has 5 heteroatoms. The first-order chi connectivity index (χ1) is 10.2. The minimum atomic E-state index is 0.220. The lowest BCUT2D eigenvalue weighted by atomic mass is 10.2. The average Bonchev–Trinajstić information content (AvgIpc) is 2.91. The molecule has 1 fully saturated rings. The van der Waals surface area contributed by atoms with Crippen LogP contribution >= 0.6 is 15.9 Å². The van der Waals surface area contributed by atoms with Crippen molar-refractivity contribution in [1.82, 2.24) is 10.2 Å². The van der Waals surface area contributed by atoms with Crippen LogP contribution in [0.1, 0.15) is 18.7 Å². The molecular weight excluding hydrogens is 332 g/mol. The average molecular weight is 353 g/mol. The van der Waals surface area contributed by atoms with Gasteiger partial charge in [-0.1, -0.05) is 15.9 Å². The minimum Gasteiger partial charge on any atom is -0.459 e. The minimum absolute atomic E-state index is 0.220. The maximum Gasteiger partial charge on any atom is 0.134 e. The van der Waals surface area contributed by atoms with Crippen molar-refractivity contribution in [3.63, 3.8) is 0 Å². The van der Waals surface area contributed by atoms with Gasteiger partial charge in [0.2, 0.25) is 0 Å². The molecule has 0 bridgehead atoms. The van der Waals surface area contributed by atoms with Crippen LogP contribution in [0.25, 0.3) is 11.0 Å². The van der Waals surface area contributed by atoms with E-state index in [1.165, 1.54) is 0 Å². The van der Waals surface area contributed by atoms with Crippen molar-refractivity contribution in [3.8, 4) is 0 Å². The number of morpholine rings is 1. The summed E-state index contributed by atoms with van der Waals surface area (Å²) < 4.78 is 12.3. The van der Waals surface area contributed by atoms with Crippen LogP contribution in [-0.2, 0) is 4.74 Å². The summed E-state index contributed by atoms with van der Waals surface area (Å²) in [7, 11) is 0. The van der Waals surface area contributed by atoms with E-state index in [0.29, 0.717) is 0 Å². The maximum absolute atomic E-state index is 5.91. The van der Waals surface area contributed by atoms with Crippen molar-refractivity contribution >= 4 is 26.9 Å². The molecule has 0 saturated carbocycles. The molecule has 1 aromatic heterocycles. The molecule has 1 atom stereocenters. The summed E-state index contributed by atoms with van der Waals surface area (Å²) in [6, 6.07) is 8.43. The standard InChI is InChI=1S/C16H21BrN2O2/c1-12(18-4-5-19-6-8-20-9-7-19)16-11-13-10-14(17)2-3-15(13)21-16/h2-3,10-12,18H,4-9H2,1H3. The molecular formula is C16H21BrN2O2. The Morgan fingerprint density at radius 3 is 2.90 bits per heavy atom. The van der Waals surface area contributed by atoms with E-state index in [4.69, 9.17) is 9.15 Å². The number of halogens is 1. The Morgan fingerprint density at radius 1 is 1.29 bits per heavy atom. The van der Waals surface area contributed by atoms with Crippen molar-refractivity contribution in [2.24, 2.45) is 0 Å². The Labute approximate surface area is 133 Å². The number of rotatable bonds is 5. The molecule has 4 nitrogen and oxygen atoms in total. The highest BCUT2D eigenvalue weighted by Gasteiger charge is 2.13. The van der Waals surface area contributed by atoms with E-state index in [2.05, 4.69) is 45.2 Å². The Balaban J connectivity index is 1.54. The molecule has 1 saturated heterocycles. The first-order valence-electron chi connectivity index (χ1n) is 7.45. The largest absolute Gasteiger partial charge is 0.459 e. The van der Waals surface area contributed by atoms with E-state index in [1.807, 2.05) is 12.1 Å². The smallest absolute Gasteiger partial charge is 0.134 e. The second-order valence-corrected chi connectivity index (χ2v) is 6.38. The van der Waals surface area contributed by atoms with Crippen molar-refractivity contribution < 1.29 is 9.15 Å². The first-order valence-corrected chi connectivity index (χ1v) is 8.24. The Morgan fingerprint density at radius 2 is 2.10 bits per heavy atom. The topological polar surface area (TPSA) is 37.6 Å². The van der Waals surface area contributed by atoms with Gasteiger partial charge in [-0.2, -0.15) is 0 Å². The Hall–Kier alpha value is -0.880. The van der Waals surface area contributed by atoms with Gasteiger partial charge in [-0.25, -0.2) is 0 Å². The van der Waals surface area contributed by atoms with E-state index >= 15 is 0 Å². The molecule has 1 aliphatic heterocycles. The van der Waals surface area contributed by atoms with Crippen LogP contribution in [0.3, 0.4) is 0 Å². The quantitative estimate of drug-likeness (QED) is 0.896. The van der Waals surface area contributed by atoms with Crippen molar-refractivity contribution in [3.05, 3.63) is 34.5 Å². The van der Waals surface area contributed by atoms with Crippen molar-refractivity contribution in [2.75, 3.05) is 39.4 Å². The number of hydrogen-bond donors (Lipinski definition) is 1. The molecule has 21 heavy (non-hydrogen) atoms. The molecule has 2 aromatic rings. The summed E-state index contributed by atoms with van der Waals surface area (Å²) in [5.41, 5.74) is 0.940. The number of nitrogens with one attached hydrogen (secondary N) is 1. The highest BCUT2D eigenvalue weighted by molar-refractivity contribution is 9.10. The lowest BCUT2D eigenvalue weighted by molar-refractivity contribution is 0.0381. The number of fused-ring (bicyclic) bond motifs is 1. The van der Waals surface area contributed by atoms with Crippen LogP contribution < -0.4 is 5.32 Å². The fourth-order valence-electron chi connectivity index (χ4n) is 2.61. The van der Waals surface area contributed by atoms with Gasteiger partial charge in [0.1, 0.15) is 11.3 Å². The molecule has 0 spiro atoms. The van der Waals surface area contributed by atoms with Crippen LogP contribution in [0.5, 0.6) is 0 Å². The monoisotopic (exact) mass is 352 g/mol. The van der Waals surface area contributed by atoms with Gasteiger partial charge in [-0.15, -0.1) is 0 Å². The molecule has 3 rings (SSSR count). The number of furan rings is 1. The SMILES string of the molecule is CC(NCCN1CCOCC1)c1cc2cc(Br)ccc2o1. The summed E-state index contributed by atoms with van der Waals surface area (Å²) in [5, 5.41) is 4.67. The van der Waals surface area contributed by atoms with E-state index in [-0.39, 0.29) is 6.04 Å². The zero-order valence-corrected chi connectivity index (χ0v) is 13.9. The maximum atomic E-state index is 5.91. The Kier molecular flexibility index (Phi) is 4.95. The van der Waals surface area contributed by atoms with E-state index in [1.54, 1.807) is 0 Å². The van der Waals surface area contributed by atoms with Crippen molar-refractivity contribution in [1.29, 1.82) is 0 Å². The summed E-state index contributed by atoms with van der Waals surface area (Å²) in [6.45, 7) is 7.94. The molecule has 0 aliphatic carbocycles. The highest BCUT2D eigenvalue weighted by atomic mass is 79.9. The summed E-state index contributed by atoms with van der Waals surface area (Å²) in [4.78, 5) is 2.43. The third-order valence-electron chi connectivity index (χ3n) is 3.91. The third kappa shape index (κ3) is 3.86. The molecule has 0 radical (unpaired) electrons. The van der Waals surface area contributed by atoms with E-state index < -0.39 is 0 Å². The molecule has 2 heterocycles. The number of benzene rings is 1. The van der Waals surface area contributed by atoms with Gasteiger partial charge >= 0.3 is 0 Å². The molecule has 1 aromatic carbocycles. The van der Waals surface area contributed by atoms with Gasteiger partial charge in [0.05, 0.1) is 19.3 Å². The number of ether oxygens (including phenoxy) is 1. The lowest BCUT2D eigenvalue weighted by Crippen LogP contribution is -2.40. The molecule has 1 unspecified atom stereocenters. The van der Waals surface area contributed by atoms with Crippen LogP contribution in [-0.4, -0.2) is 44.3 Å². The van der Waals surface area contributed by atoms with E-state index in [0.717, 1.165) is 60.6 Å². The van der Waals surface area contributed by atoms with Crippen LogP contribution in [0.2, 0.25) is 0 Å². The van der Waals surface area contributed by atoms with Gasteiger partial charge in [-0.3, -0.25) is 4.90 Å². The summed E-state index contributed by atoms with van der Waals surface area (Å²) in [6.07, 6.45) is 0. The number of hydrogen-bond acceptors (Lipinski definition) is 4. The molecule has 1 aliphatic rings. The van der Waals surface area contributed by atoms with Crippen LogP contribution in [0.4, 0.5) is 0 Å². The van der Waals surface area contributed by atoms with Gasteiger partial charge in [0, 0.05) is 36.0 Å². The molecule has 0 amide bonds. The number of nitrogens with zero attached hydrogens (tertiary/aromatic N) is 1. The van der Waals surface area contributed by atoms with E-state index in [9.17, 15) is 0 Å².